The topological polar surface area (TPSA) is 69.2 Å². The van der Waals surface area contributed by atoms with E-state index >= 15 is 0 Å². The van der Waals surface area contributed by atoms with Crippen LogP contribution in [0.25, 0.3) is 0 Å². The molecule has 7 heteroatoms. The molecular weight excluding hydrogens is 268 g/mol. The highest BCUT2D eigenvalue weighted by molar-refractivity contribution is 6.20. The zero-order chi connectivity index (χ0) is 13.7. The zero-order valence-electron chi connectivity index (χ0n) is 11.2. The van der Waals surface area contributed by atoms with Crippen LogP contribution >= 0.6 is 11.6 Å². The van der Waals surface area contributed by atoms with Crippen LogP contribution in [0.2, 0.25) is 0 Å². The Hall–Kier alpha value is -1.30. The molecule has 1 heterocycles. The van der Waals surface area contributed by atoms with Gasteiger partial charge in [0.05, 0.1) is 14.2 Å². The van der Waals surface area contributed by atoms with E-state index in [4.69, 9.17) is 21.1 Å². The Morgan fingerprint density at radius 2 is 1.84 bits per heavy atom. The molecule has 19 heavy (non-hydrogen) atoms. The van der Waals surface area contributed by atoms with E-state index in [0.29, 0.717) is 17.2 Å². The third-order valence-corrected chi connectivity index (χ3v) is 3.62. The van der Waals surface area contributed by atoms with Gasteiger partial charge in [0.1, 0.15) is 0 Å². The Balaban J connectivity index is 1.94. The highest BCUT2D eigenvalue weighted by Crippen LogP contribution is 2.27. The molecule has 1 aliphatic carbocycles. The van der Waals surface area contributed by atoms with E-state index in [0.717, 1.165) is 19.4 Å². The number of hydrogen-bond donors (Lipinski definition) is 1. The van der Waals surface area contributed by atoms with Crippen molar-refractivity contribution in [3.05, 3.63) is 0 Å². The molecule has 1 aliphatic rings. The van der Waals surface area contributed by atoms with E-state index in [1.807, 2.05) is 0 Å². The third kappa shape index (κ3) is 4.09. The van der Waals surface area contributed by atoms with Crippen molar-refractivity contribution in [3.8, 4) is 12.0 Å². The van der Waals surface area contributed by atoms with Gasteiger partial charge in [-0.3, -0.25) is 0 Å². The second kappa shape index (κ2) is 6.75. The van der Waals surface area contributed by atoms with Crippen molar-refractivity contribution in [2.24, 2.45) is 5.92 Å². The van der Waals surface area contributed by atoms with Gasteiger partial charge >= 0.3 is 12.0 Å². The molecular formula is C12H19ClN4O2. The summed E-state index contributed by atoms with van der Waals surface area (Å²) in [5, 5.41) is 3.50. The number of rotatable bonds is 5. The molecule has 0 aliphatic heterocycles. The number of ether oxygens (including phenoxy) is 2. The first-order chi connectivity index (χ1) is 9.21. The Kier molecular flexibility index (Phi) is 5.01. The molecule has 0 radical (unpaired) electrons. The fourth-order valence-corrected chi connectivity index (χ4v) is 2.65. The number of nitrogens with zero attached hydrogens (tertiary/aromatic N) is 3. The van der Waals surface area contributed by atoms with E-state index in [9.17, 15) is 0 Å². The van der Waals surface area contributed by atoms with Gasteiger partial charge in [0, 0.05) is 11.9 Å². The fraction of sp³-hybridized carbons (Fsp3) is 0.750. The molecule has 1 saturated carbocycles. The maximum absolute atomic E-state index is 6.18. The van der Waals surface area contributed by atoms with E-state index in [1.54, 1.807) is 0 Å². The van der Waals surface area contributed by atoms with Gasteiger partial charge in [-0.25, -0.2) is 0 Å². The summed E-state index contributed by atoms with van der Waals surface area (Å²) in [6.07, 6.45) is 4.53. The molecule has 0 aromatic carbocycles. The monoisotopic (exact) mass is 286 g/mol. The number of anilines is 1. The molecule has 1 N–H and O–H groups in total. The average molecular weight is 287 g/mol. The van der Waals surface area contributed by atoms with Gasteiger partial charge in [-0.2, -0.15) is 9.97 Å². The first-order valence-corrected chi connectivity index (χ1v) is 6.87. The van der Waals surface area contributed by atoms with Crippen LogP contribution in [-0.4, -0.2) is 41.1 Å². The van der Waals surface area contributed by atoms with Gasteiger partial charge in [-0.15, -0.1) is 16.6 Å². The van der Waals surface area contributed by atoms with Crippen LogP contribution in [-0.2, 0) is 0 Å². The van der Waals surface area contributed by atoms with Crippen molar-refractivity contribution in [2.45, 2.75) is 31.1 Å². The molecule has 1 aromatic rings. The molecule has 106 valence electrons. The highest BCUT2D eigenvalue weighted by Gasteiger charge is 2.20. The fourth-order valence-electron chi connectivity index (χ4n) is 2.25. The van der Waals surface area contributed by atoms with Gasteiger partial charge in [0.25, 0.3) is 0 Å². The van der Waals surface area contributed by atoms with Crippen LogP contribution < -0.4 is 14.8 Å². The quantitative estimate of drug-likeness (QED) is 0.836. The highest BCUT2D eigenvalue weighted by atomic mass is 35.5. The van der Waals surface area contributed by atoms with Crippen LogP contribution in [0.15, 0.2) is 0 Å². The Morgan fingerprint density at radius 3 is 2.42 bits per heavy atom. The summed E-state index contributed by atoms with van der Waals surface area (Å²) in [7, 11) is 3.02. The minimum absolute atomic E-state index is 0.244. The summed E-state index contributed by atoms with van der Waals surface area (Å²) < 4.78 is 10.0. The lowest BCUT2D eigenvalue weighted by Gasteiger charge is -2.25. The SMILES string of the molecule is COc1nc(NCC2CCCC(Cl)C2)nc(OC)n1. The summed E-state index contributed by atoms with van der Waals surface area (Å²) >= 11 is 6.18. The minimum atomic E-state index is 0.244. The number of halogens is 1. The Bertz CT molecular complexity index is 396. The maximum Gasteiger partial charge on any atom is 0.324 e. The van der Waals surface area contributed by atoms with Gasteiger partial charge < -0.3 is 14.8 Å². The minimum Gasteiger partial charge on any atom is -0.467 e. The van der Waals surface area contributed by atoms with Crippen molar-refractivity contribution in [1.29, 1.82) is 0 Å². The van der Waals surface area contributed by atoms with E-state index < -0.39 is 0 Å². The lowest BCUT2D eigenvalue weighted by atomic mass is 9.89. The predicted octanol–water partition coefficient (Wildman–Crippen LogP) is 2.10. The van der Waals surface area contributed by atoms with E-state index in [-0.39, 0.29) is 12.0 Å². The van der Waals surface area contributed by atoms with Crippen molar-refractivity contribution in [2.75, 3.05) is 26.1 Å². The van der Waals surface area contributed by atoms with Crippen molar-refractivity contribution in [1.82, 2.24) is 15.0 Å². The Labute approximate surface area is 117 Å². The normalized spacial score (nSPS) is 22.9. The van der Waals surface area contributed by atoms with Crippen LogP contribution in [0.1, 0.15) is 25.7 Å². The summed E-state index contributed by atoms with van der Waals surface area (Å²) in [5.41, 5.74) is 0. The lowest BCUT2D eigenvalue weighted by Crippen LogP contribution is -2.23. The lowest BCUT2D eigenvalue weighted by molar-refractivity contribution is 0.340. The van der Waals surface area contributed by atoms with Crippen LogP contribution in [0.3, 0.4) is 0 Å². The van der Waals surface area contributed by atoms with Crippen molar-refractivity contribution < 1.29 is 9.47 Å². The standard InChI is InChI=1S/C12H19ClN4O2/c1-18-11-15-10(16-12(17-11)19-2)14-7-8-4-3-5-9(13)6-8/h8-9H,3-7H2,1-2H3,(H,14,15,16,17). The van der Waals surface area contributed by atoms with E-state index in [2.05, 4.69) is 20.3 Å². The van der Waals surface area contributed by atoms with Gasteiger partial charge in [0.2, 0.25) is 5.95 Å². The number of aromatic nitrogens is 3. The van der Waals surface area contributed by atoms with Gasteiger partial charge in [0.15, 0.2) is 0 Å². The molecule has 6 nitrogen and oxygen atoms in total. The molecule has 1 fully saturated rings. The van der Waals surface area contributed by atoms with Crippen molar-refractivity contribution in [3.63, 3.8) is 0 Å². The summed E-state index contributed by atoms with van der Waals surface area (Å²) in [5.74, 6) is 1.03. The number of hydrogen-bond acceptors (Lipinski definition) is 6. The summed E-state index contributed by atoms with van der Waals surface area (Å²) in [6, 6.07) is 0.487. The summed E-state index contributed by atoms with van der Waals surface area (Å²) in [4.78, 5) is 12.2. The van der Waals surface area contributed by atoms with Crippen LogP contribution in [0.4, 0.5) is 5.95 Å². The number of nitrogens with one attached hydrogen (secondary N) is 1. The number of methoxy groups -OCH3 is 2. The predicted molar refractivity (Wildman–Crippen MR) is 73.0 cm³/mol. The third-order valence-electron chi connectivity index (χ3n) is 3.23. The molecule has 2 rings (SSSR count). The molecule has 1 aromatic heterocycles. The second-order valence-electron chi connectivity index (χ2n) is 4.64. The average Bonchev–Trinajstić information content (AvgIpc) is 2.44. The van der Waals surface area contributed by atoms with Crippen molar-refractivity contribution >= 4 is 17.5 Å². The molecule has 0 bridgehead atoms. The summed E-state index contributed by atoms with van der Waals surface area (Å²) in [6.45, 7) is 0.805. The molecule has 2 atom stereocenters. The molecule has 2 unspecified atom stereocenters. The maximum atomic E-state index is 6.18. The molecule has 0 amide bonds. The number of alkyl halides is 1. The van der Waals surface area contributed by atoms with Crippen LogP contribution in [0.5, 0.6) is 12.0 Å². The zero-order valence-corrected chi connectivity index (χ0v) is 12.0. The van der Waals surface area contributed by atoms with E-state index in [1.165, 1.54) is 27.1 Å². The first kappa shape index (κ1) is 14.1. The second-order valence-corrected chi connectivity index (χ2v) is 5.26. The van der Waals surface area contributed by atoms with Gasteiger partial charge in [-0.05, 0) is 25.2 Å². The molecule has 0 spiro atoms. The Morgan fingerprint density at radius 1 is 1.16 bits per heavy atom. The largest absolute Gasteiger partial charge is 0.467 e. The van der Waals surface area contributed by atoms with Gasteiger partial charge in [-0.1, -0.05) is 6.42 Å². The smallest absolute Gasteiger partial charge is 0.324 e. The first-order valence-electron chi connectivity index (χ1n) is 6.43. The molecule has 0 saturated heterocycles. The van der Waals surface area contributed by atoms with Crippen LogP contribution in [0, 0.1) is 5.92 Å².